The van der Waals surface area contributed by atoms with Crippen LogP contribution in [0.15, 0.2) is 24.5 Å². The number of H-pyrrole nitrogens is 1. The zero-order chi connectivity index (χ0) is 10.8. The zero-order valence-corrected chi connectivity index (χ0v) is 7.77. The fraction of sp³-hybridized carbons (Fsp3) is 0. The summed E-state index contributed by atoms with van der Waals surface area (Å²) < 4.78 is 0. The van der Waals surface area contributed by atoms with Gasteiger partial charge in [0.15, 0.2) is 0 Å². The smallest absolute Gasteiger partial charge is 0.328 e. The van der Waals surface area contributed by atoms with Crippen molar-refractivity contribution < 1.29 is 9.90 Å². The van der Waals surface area contributed by atoms with Crippen molar-refractivity contribution in [2.45, 2.75) is 0 Å². The fourth-order valence-corrected chi connectivity index (χ4v) is 1.34. The third-order valence-corrected chi connectivity index (χ3v) is 1.99. The Bertz CT molecular complexity index is 543. The third-order valence-electron chi connectivity index (χ3n) is 1.99. The number of aliphatic carboxylic acids is 1. The molecule has 0 saturated carbocycles. The molecule has 0 atom stereocenters. The van der Waals surface area contributed by atoms with Crippen molar-refractivity contribution in [3.05, 3.63) is 30.1 Å². The molecule has 0 saturated heterocycles. The number of nitrogen functional groups attached to an aromatic ring is 1. The summed E-state index contributed by atoms with van der Waals surface area (Å²) in [6, 6.07) is 1.75. The lowest BCUT2D eigenvalue weighted by Crippen LogP contribution is -1.87. The van der Waals surface area contributed by atoms with Crippen LogP contribution in [0.2, 0.25) is 0 Å². The molecule has 2 aromatic rings. The summed E-state index contributed by atoms with van der Waals surface area (Å²) in [5, 5.41) is 9.31. The maximum absolute atomic E-state index is 10.4. The molecule has 0 aromatic carbocycles. The highest BCUT2D eigenvalue weighted by molar-refractivity contribution is 5.92. The number of anilines is 1. The molecule has 5 heteroatoms. The van der Waals surface area contributed by atoms with Gasteiger partial charge in [0.05, 0.1) is 11.9 Å². The Balaban J connectivity index is 2.52. The van der Waals surface area contributed by atoms with Crippen LogP contribution in [0, 0.1) is 0 Å². The number of nitrogens with one attached hydrogen (secondary N) is 1. The van der Waals surface area contributed by atoms with Gasteiger partial charge in [-0.3, -0.25) is 0 Å². The number of hydrogen-bond donors (Lipinski definition) is 3. The van der Waals surface area contributed by atoms with Crippen LogP contribution < -0.4 is 5.73 Å². The van der Waals surface area contributed by atoms with Crippen LogP contribution in [-0.4, -0.2) is 21.0 Å². The number of carboxylic acids is 1. The van der Waals surface area contributed by atoms with Gasteiger partial charge in [-0.25, -0.2) is 9.78 Å². The quantitative estimate of drug-likeness (QED) is 0.640. The number of nitrogens with zero attached hydrogens (tertiary/aromatic N) is 1. The predicted octanol–water partition coefficient (Wildman–Crippen LogP) is 1.24. The van der Waals surface area contributed by atoms with Crippen molar-refractivity contribution in [2.24, 2.45) is 0 Å². The van der Waals surface area contributed by atoms with Gasteiger partial charge < -0.3 is 15.8 Å². The van der Waals surface area contributed by atoms with Crippen molar-refractivity contribution in [3.63, 3.8) is 0 Å². The molecule has 2 aromatic heterocycles. The van der Waals surface area contributed by atoms with Gasteiger partial charge in [-0.15, -0.1) is 0 Å². The number of nitrogens with two attached hydrogens (primary N) is 1. The Labute approximate surface area is 85.2 Å². The molecule has 0 bridgehead atoms. The maximum Gasteiger partial charge on any atom is 0.328 e. The zero-order valence-electron chi connectivity index (χ0n) is 7.77. The molecule has 5 nitrogen and oxygen atoms in total. The van der Waals surface area contributed by atoms with E-state index in [0.717, 1.165) is 17.0 Å². The summed E-state index contributed by atoms with van der Waals surface area (Å²) in [5.74, 6) is -0.985. The molecule has 4 N–H and O–H groups in total. The van der Waals surface area contributed by atoms with Crippen LogP contribution in [0.5, 0.6) is 0 Å². The molecule has 0 aliphatic rings. The summed E-state index contributed by atoms with van der Waals surface area (Å²) in [4.78, 5) is 17.4. The normalized spacial score (nSPS) is 11.2. The van der Waals surface area contributed by atoms with E-state index in [0.29, 0.717) is 11.3 Å². The van der Waals surface area contributed by atoms with E-state index in [1.165, 1.54) is 6.08 Å². The van der Waals surface area contributed by atoms with Crippen molar-refractivity contribution in [2.75, 3.05) is 5.73 Å². The Morgan fingerprint density at radius 3 is 3.13 bits per heavy atom. The van der Waals surface area contributed by atoms with Gasteiger partial charge in [-0.2, -0.15) is 0 Å². The standard InChI is InChI=1S/C10H9N3O2/c11-7-3-8-6(1-2-9(14)15)4-12-10(8)13-5-7/h1-5H,11H2,(H,12,13)(H,14,15). The Hall–Kier alpha value is -2.30. The van der Waals surface area contributed by atoms with E-state index in [2.05, 4.69) is 9.97 Å². The first-order valence-electron chi connectivity index (χ1n) is 4.30. The van der Waals surface area contributed by atoms with E-state index >= 15 is 0 Å². The highest BCUT2D eigenvalue weighted by Gasteiger charge is 2.02. The van der Waals surface area contributed by atoms with E-state index in [4.69, 9.17) is 10.8 Å². The fourth-order valence-electron chi connectivity index (χ4n) is 1.34. The second-order valence-electron chi connectivity index (χ2n) is 3.08. The van der Waals surface area contributed by atoms with Gasteiger partial charge in [0.25, 0.3) is 0 Å². The number of carboxylic acid groups (broad SMARTS) is 1. The summed E-state index contributed by atoms with van der Waals surface area (Å²) in [5.41, 5.74) is 7.59. The minimum atomic E-state index is -0.985. The minimum absolute atomic E-state index is 0.548. The van der Waals surface area contributed by atoms with Crippen LogP contribution in [-0.2, 0) is 4.79 Å². The molecule has 0 fully saturated rings. The Morgan fingerprint density at radius 1 is 1.60 bits per heavy atom. The van der Waals surface area contributed by atoms with Gasteiger partial charge in [-0.1, -0.05) is 0 Å². The molecule has 0 amide bonds. The predicted molar refractivity (Wildman–Crippen MR) is 57.2 cm³/mol. The van der Waals surface area contributed by atoms with E-state index in [1.807, 2.05) is 0 Å². The van der Waals surface area contributed by atoms with E-state index in [9.17, 15) is 4.79 Å². The molecule has 0 aliphatic heterocycles. The van der Waals surface area contributed by atoms with Crippen molar-refractivity contribution in [1.29, 1.82) is 0 Å². The minimum Gasteiger partial charge on any atom is -0.478 e. The molecule has 2 rings (SSSR count). The van der Waals surface area contributed by atoms with Gasteiger partial charge in [0.2, 0.25) is 0 Å². The monoisotopic (exact) mass is 203 g/mol. The summed E-state index contributed by atoms with van der Waals surface area (Å²) >= 11 is 0. The first-order chi connectivity index (χ1) is 7.16. The average Bonchev–Trinajstić information content (AvgIpc) is 2.57. The lowest BCUT2D eigenvalue weighted by Gasteiger charge is -1.93. The molecule has 15 heavy (non-hydrogen) atoms. The number of aromatic amines is 1. The van der Waals surface area contributed by atoms with E-state index in [1.54, 1.807) is 18.5 Å². The van der Waals surface area contributed by atoms with Gasteiger partial charge in [0.1, 0.15) is 5.65 Å². The highest BCUT2D eigenvalue weighted by atomic mass is 16.4. The number of aromatic nitrogens is 2. The molecule has 0 unspecified atom stereocenters. The lowest BCUT2D eigenvalue weighted by atomic mass is 10.2. The first-order valence-corrected chi connectivity index (χ1v) is 4.30. The second kappa shape index (κ2) is 3.45. The van der Waals surface area contributed by atoms with Crippen LogP contribution in [0.4, 0.5) is 5.69 Å². The first kappa shape index (κ1) is 9.26. The second-order valence-corrected chi connectivity index (χ2v) is 3.08. The average molecular weight is 203 g/mol. The largest absolute Gasteiger partial charge is 0.478 e. The molecule has 76 valence electrons. The maximum atomic E-state index is 10.4. The number of rotatable bonds is 2. The SMILES string of the molecule is Nc1cnc2[nH]cc(C=CC(=O)O)c2c1. The van der Waals surface area contributed by atoms with Gasteiger partial charge in [0, 0.05) is 23.2 Å². The van der Waals surface area contributed by atoms with Crippen molar-refractivity contribution in [3.8, 4) is 0 Å². The Morgan fingerprint density at radius 2 is 2.40 bits per heavy atom. The van der Waals surface area contributed by atoms with Gasteiger partial charge in [-0.05, 0) is 12.1 Å². The van der Waals surface area contributed by atoms with Crippen LogP contribution in [0.1, 0.15) is 5.56 Å². The third kappa shape index (κ3) is 1.80. The molecule has 0 radical (unpaired) electrons. The topological polar surface area (TPSA) is 92.0 Å². The summed E-state index contributed by atoms with van der Waals surface area (Å²) in [6.07, 6.45) is 5.81. The van der Waals surface area contributed by atoms with Crippen molar-refractivity contribution in [1.82, 2.24) is 9.97 Å². The Kier molecular flexibility index (Phi) is 2.13. The summed E-state index contributed by atoms with van der Waals surface area (Å²) in [7, 11) is 0. The molecule has 0 aliphatic carbocycles. The molecule has 0 spiro atoms. The van der Waals surface area contributed by atoms with Crippen molar-refractivity contribution >= 4 is 28.8 Å². The van der Waals surface area contributed by atoms with Gasteiger partial charge >= 0.3 is 5.97 Å². The van der Waals surface area contributed by atoms with E-state index < -0.39 is 5.97 Å². The number of hydrogen-bond acceptors (Lipinski definition) is 3. The molecule has 2 heterocycles. The summed E-state index contributed by atoms with van der Waals surface area (Å²) in [6.45, 7) is 0. The molecular formula is C10H9N3O2. The number of pyridine rings is 1. The van der Waals surface area contributed by atoms with Crippen LogP contribution >= 0.6 is 0 Å². The molecular weight excluding hydrogens is 194 g/mol. The van der Waals surface area contributed by atoms with E-state index in [-0.39, 0.29) is 0 Å². The lowest BCUT2D eigenvalue weighted by molar-refractivity contribution is -0.131. The highest BCUT2D eigenvalue weighted by Crippen LogP contribution is 2.19. The van der Waals surface area contributed by atoms with Crippen LogP contribution in [0.25, 0.3) is 17.1 Å². The number of fused-ring (bicyclic) bond motifs is 1. The number of carbonyl (C=O) groups is 1. The van der Waals surface area contributed by atoms with Crippen LogP contribution in [0.3, 0.4) is 0 Å².